The number of rotatable bonds is 8. The Morgan fingerprint density at radius 2 is 1.78 bits per heavy atom. The highest BCUT2D eigenvalue weighted by molar-refractivity contribution is 6.22. The Kier molecular flexibility index (Phi) is 8.05. The summed E-state index contributed by atoms with van der Waals surface area (Å²) in [5.41, 5.74) is 3.53. The predicted molar refractivity (Wildman–Crippen MR) is 161 cm³/mol. The van der Waals surface area contributed by atoms with Gasteiger partial charge in [0, 0.05) is 55.2 Å². The molecule has 12 heteroatoms. The summed E-state index contributed by atoms with van der Waals surface area (Å²) in [5, 5.41) is 45.6. The Morgan fingerprint density at radius 3 is 2.42 bits per heavy atom. The fourth-order valence-corrected chi connectivity index (χ4v) is 6.74. The first-order valence-electron chi connectivity index (χ1n) is 14.5. The van der Waals surface area contributed by atoms with Crippen LogP contribution in [0.25, 0.3) is 16.9 Å². The molecule has 1 saturated carbocycles. The Morgan fingerprint density at radius 1 is 1.07 bits per heavy atom. The van der Waals surface area contributed by atoms with E-state index in [0.29, 0.717) is 16.8 Å². The number of carbonyl (C=O) groups is 5. The maximum absolute atomic E-state index is 13.9. The third-order valence-corrected chi connectivity index (χ3v) is 8.88. The highest BCUT2D eigenvalue weighted by Crippen LogP contribution is 2.54. The van der Waals surface area contributed by atoms with Crippen LogP contribution in [-0.4, -0.2) is 76.0 Å². The lowest BCUT2D eigenvalue weighted by molar-refractivity contribution is -0.147. The number of aromatic hydroxyl groups is 1. The largest absolute Gasteiger partial charge is 0.508 e. The van der Waals surface area contributed by atoms with Gasteiger partial charge in [0.25, 0.3) is 5.91 Å². The molecule has 0 aromatic heterocycles. The number of hydrogen-bond donors (Lipinski definition) is 5. The van der Waals surface area contributed by atoms with Gasteiger partial charge in [0.15, 0.2) is 17.2 Å². The number of nitrogens with two attached hydrogens (primary N) is 1. The van der Waals surface area contributed by atoms with Crippen LogP contribution in [0, 0.1) is 11.8 Å². The van der Waals surface area contributed by atoms with Gasteiger partial charge in [0.1, 0.15) is 22.8 Å². The molecule has 1 amide bonds. The van der Waals surface area contributed by atoms with Gasteiger partial charge in [-0.15, -0.1) is 0 Å². The lowest BCUT2D eigenvalue weighted by atomic mass is 9.59. The van der Waals surface area contributed by atoms with Crippen LogP contribution < -0.4 is 10.6 Å². The third-order valence-electron chi connectivity index (χ3n) is 8.88. The molecule has 0 bridgehead atoms. The van der Waals surface area contributed by atoms with Gasteiger partial charge in [-0.2, -0.15) is 0 Å². The summed E-state index contributed by atoms with van der Waals surface area (Å²) < 4.78 is 4.89. The number of aliphatic hydroxyl groups excluding tert-OH is 2. The van der Waals surface area contributed by atoms with Crippen LogP contribution in [0.1, 0.15) is 54.1 Å². The molecule has 12 nitrogen and oxygen atoms in total. The smallest absolute Gasteiger partial charge is 0.306 e. The minimum atomic E-state index is -2.66. The number of hydrogen-bond acceptors (Lipinski definition) is 11. The first kappa shape index (κ1) is 31.5. The van der Waals surface area contributed by atoms with E-state index in [0.717, 1.165) is 0 Å². The average molecular weight is 619 g/mol. The summed E-state index contributed by atoms with van der Waals surface area (Å²) in [7, 11) is 3.53. The molecule has 0 heterocycles. The molecule has 0 radical (unpaired) electrons. The van der Waals surface area contributed by atoms with E-state index in [4.69, 9.17) is 10.5 Å². The fourth-order valence-electron chi connectivity index (χ4n) is 6.74. The van der Waals surface area contributed by atoms with E-state index in [2.05, 4.69) is 0 Å². The zero-order chi connectivity index (χ0) is 33.0. The minimum absolute atomic E-state index is 0.0221. The molecule has 45 heavy (non-hydrogen) atoms. The number of phenolic OH excluding ortho intramolecular Hbond substituents is 1. The Hall–Kier alpha value is -4.97. The number of amides is 1. The van der Waals surface area contributed by atoms with Crippen LogP contribution in [0.2, 0.25) is 0 Å². The number of ketones is 3. The predicted octanol–water partition coefficient (Wildman–Crippen LogP) is 2.68. The van der Waals surface area contributed by atoms with Crippen LogP contribution in [0.3, 0.4) is 0 Å². The van der Waals surface area contributed by atoms with E-state index < -0.39 is 64.4 Å². The first-order valence-corrected chi connectivity index (χ1v) is 14.5. The Bertz CT molecular complexity index is 1740. The van der Waals surface area contributed by atoms with E-state index in [1.165, 1.54) is 0 Å². The first-order chi connectivity index (χ1) is 21.2. The van der Waals surface area contributed by atoms with E-state index in [9.17, 15) is 44.4 Å². The molecule has 3 aliphatic rings. The maximum Gasteiger partial charge on any atom is 0.306 e. The molecule has 236 valence electrons. The van der Waals surface area contributed by atoms with Gasteiger partial charge >= 0.3 is 5.97 Å². The van der Waals surface area contributed by atoms with Crippen molar-refractivity contribution >= 4 is 40.7 Å². The van der Waals surface area contributed by atoms with Crippen molar-refractivity contribution in [3.63, 3.8) is 0 Å². The van der Waals surface area contributed by atoms with Gasteiger partial charge in [0.2, 0.25) is 5.78 Å². The summed E-state index contributed by atoms with van der Waals surface area (Å²) in [4.78, 5) is 64.8. The van der Waals surface area contributed by atoms with Crippen LogP contribution in [-0.2, 0) is 30.3 Å². The number of benzene rings is 2. The zero-order valence-corrected chi connectivity index (χ0v) is 25.0. The van der Waals surface area contributed by atoms with Gasteiger partial charge in [0.05, 0.1) is 18.6 Å². The quantitative estimate of drug-likeness (QED) is 0.165. The van der Waals surface area contributed by atoms with Crippen molar-refractivity contribution < 1.29 is 49.1 Å². The van der Waals surface area contributed by atoms with Crippen molar-refractivity contribution in [3.8, 4) is 16.9 Å². The van der Waals surface area contributed by atoms with Gasteiger partial charge in [-0.1, -0.05) is 18.2 Å². The van der Waals surface area contributed by atoms with Crippen LogP contribution in [0.5, 0.6) is 5.75 Å². The number of aliphatic hydroxyl groups is 3. The number of fused-ring (bicyclic) bond motifs is 3. The monoisotopic (exact) mass is 618 g/mol. The summed E-state index contributed by atoms with van der Waals surface area (Å²) in [5.74, 6) is -7.82. The van der Waals surface area contributed by atoms with Gasteiger partial charge in [-0.25, -0.2) is 0 Å². The highest BCUT2D eigenvalue weighted by atomic mass is 16.5. The molecular formula is C33H34N2O10. The molecule has 1 fully saturated rings. The van der Waals surface area contributed by atoms with Gasteiger partial charge in [-0.05, 0) is 48.9 Å². The number of phenols is 1. The number of carbonyl (C=O) groups excluding carboxylic acids is 5. The van der Waals surface area contributed by atoms with Crippen molar-refractivity contribution in [2.75, 3.05) is 25.6 Å². The van der Waals surface area contributed by atoms with Gasteiger partial charge in [-0.3, -0.25) is 24.0 Å². The number of Topliss-reactive ketones (excluding diaryl/α,β-unsaturated/α-hetero) is 3. The van der Waals surface area contributed by atoms with E-state index >= 15 is 0 Å². The molecule has 2 aromatic rings. The average Bonchev–Trinajstić information content (AvgIpc) is 2.97. The zero-order valence-electron chi connectivity index (χ0n) is 25.0. The standard InChI is InChI=1S/C33H34N2O10/c1-4-45-24(38)9-8-22(36)16-7-5-6-15(10-16)19-14-21(35(2)3)20-12-17-11-18-13-23(37)27(32(34)43)31(42)33(18,44)30(41)25(17)29(40)26(20)28(19)39/h5-7,10,14,17-18,39-40,42,44H,4,8-9,11-13H2,1-3H3,(H2,34,43). The molecule has 6 N–H and O–H groups in total. The minimum Gasteiger partial charge on any atom is -0.508 e. The summed E-state index contributed by atoms with van der Waals surface area (Å²) in [6.45, 7) is 1.88. The Balaban J connectivity index is 1.62. The number of primary amides is 1. The Labute approximate surface area is 258 Å². The van der Waals surface area contributed by atoms with E-state index in [1.807, 2.05) is 0 Å². The van der Waals surface area contributed by atoms with Crippen molar-refractivity contribution in [1.82, 2.24) is 0 Å². The second-order valence-electron chi connectivity index (χ2n) is 11.8. The number of esters is 1. The molecular weight excluding hydrogens is 584 g/mol. The lowest BCUT2D eigenvalue weighted by Gasteiger charge is -2.46. The molecule has 3 unspecified atom stereocenters. The molecule has 2 aromatic carbocycles. The molecule has 3 atom stereocenters. The second kappa shape index (κ2) is 11.5. The summed E-state index contributed by atoms with van der Waals surface area (Å²) >= 11 is 0. The molecule has 5 rings (SSSR count). The van der Waals surface area contributed by atoms with Crippen molar-refractivity contribution in [2.24, 2.45) is 17.6 Å². The summed E-state index contributed by atoms with van der Waals surface area (Å²) in [6, 6.07) is 8.11. The number of ether oxygens (including phenoxy) is 1. The van der Waals surface area contributed by atoms with Crippen LogP contribution >= 0.6 is 0 Å². The van der Waals surface area contributed by atoms with Crippen molar-refractivity contribution in [3.05, 3.63) is 63.9 Å². The maximum atomic E-state index is 13.9. The SMILES string of the molecule is CCOC(=O)CCC(=O)c1cccc(-c2cc(N(C)C)c3c(c2O)C(O)=C2C(=O)C4(O)C(O)=C(C(N)=O)C(=O)CC4CC2C3)c1. The van der Waals surface area contributed by atoms with E-state index in [1.54, 1.807) is 56.3 Å². The number of anilines is 1. The molecule has 0 aliphatic heterocycles. The molecule has 0 saturated heterocycles. The second-order valence-corrected chi connectivity index (χ2v) is 11.8. The third kappa shape index (κ3) is 5.04. The molecule has 0 spiro atoms. The summed E-state index contributed by atoms with van der Waals surface area (Å²) in [6.07, 6.45) is -0.389. The highest BCUT2D eigenvalue weighted by Gasteiger charge is 2.60. The number of nitrogens with zero attached hydrogens (tertiary/aromatic N) is 1. The normalized spacial score (nSPS) is 22.4. The fraction of sp³-hybridized carbons (Fsp3) is 0.364. The topological polar surface area (TPSA) is 205 Å². The van der Waals surface area contributed by atoms with Crippen LogP contribution in [0.4, 0.5) is 5.69 Å². The van der Waals surface area contributed by atoms with Gasteiger partial charge < -0.3 is 35.8 Å². The van der Waals surface area contributed by atoms with Crippen LogP contribution in [0.15, 0.2) is 47.2 Å². The van der Waals surface area contributed by atoms with Crippen molar-refractivity contribution in [1.29, 1.82) is 0 Å². The lowest BCUT2D eigenvalue weighted by Crippen LogP contribution is -2.58. The van der Waals surface area contributed by atoms with E-state index in [-0.39, 0.29) is 66.1 Å². The van der Waals surface area contributed by atoms with Crippen molar-refractivity contribution in [2.45, 2.75) is 44.6 Å². The molecule has 3 aliphatic carbocycles.